The molecule has 0 saturated carbocycles. The number of benzene rings is 1. The van der Waals surface area contributed by atoms with Crippen LogP contribution in [0.15, 0.2) is 29.3 Å². The van der Waals surface area contributed by atoms with Crippen LogP contribution in [0.4, 0.5) is 0 Å². The fourth-order valence-corrected chi connectivity index (χ4v) is 3.23. The zero-order valence-corrected chi connectivity index (χ0v) is 19.4. The van der Waals surface area contributed by atoms with Crippen LogP contribution in [0.2, 0.25) is 0 Å². The summed E-state index contributed by atoms with van der Waals surface area (Å²) < 4.78 is 0. The quantitative estimate of drug-likeness (QED) is 0.391. The highest BCUT2D eigenvalue weighted by atomic mass is 127. The third-order valence-corrected chi connectivity index (χ3v) is 4.89. The van der Waals surface area contributed by atoms with Gasteiger partial charge in [0.25, 0.3) is 0 Å². The van der Waals surface area contributed by atoms with Crippen LogP contribution in [0.3, 0.4) is 0 Å². The van der Waals surface area contributed by atoms with E-state index >= 15 is 0 Å². The molecule has 0 radical (unpaired) electrons. The smallest absolute Gasteiger partial charge is 0.193 e. The molecule has 1 atom stereocenters. The van der Waals surface area contributed by atoms with E-state index in [4.69, 9.17) is 0 Å². The van der Waals surface area contributed by atoms with E-state index in [9.17, 15) is 0 Å². The van der Waals surface area contributed by atoms with E-state index < -0.39 is 0 Å². The number of rotatable bonds is 6. The topological polar surface area (TPSA) is 34.1 Å². The minimum absolute atomic E-state index is 0. The maximum absolute atomic E-state index is 4.44. The van der Waals surface area contributed by atoms with Crippen molar-refractivity contribution < 1.29 is 0 Å². The van der Waals surface area contributed by atoms with Crippen molar-refractivity contribution in [2.45, 2.75) is 20.4 Å². The highest BCUT2D eigenvalue weighted by molar-refractivity contribution is 14.0. The predicted molar refractivity (Wildman–Crippen MR) is 123 cm³/mol. The van der Waals surface area contributed by atoms with Gasteiger partial charge in [0.15, 0.2) is 5.96 Å². The molecule has 1 aliphatic heterocycles. The summed E-state index contributed by atoms with van der Waals surface area (Å²) >= 11 is 0. The Balaban J connectivity index is 0.00000338. The predicted octanol–water partition coefficient (Wildman–Crippen LogP) is 2.50. The summed E-state index contributed by atoms with van der Waals surface area (Å²) in [5, 5.41) is 3.54. The normalized spacial score (nSPS) is 17.5. The first kappa shape index (κ1) is 23.2. The second kappa shape index (κ2) is 11.8. The van der Waals surface area contributed by atoms with Gasteiger partial charge in [-0.1, -0.05) is 36.8 Å². The molecule has 0 amide bonds. The van der Waals surface area contributed by atoms with Gasteiger partial charge in [-0.2, -0.15) is 0 Å². The van der Waals surface area contributed by atoms with Crippen molar-refractivity contribution in [3.05, 3.63) is 35.4 Å². The molecule has 0 aromatic heterocycles. The Bertz CT molecular complexity index is 538. The summed E-state index contributed by atoms with van der Waals surface area (Å²) in [7, 11) is 6.16. The minimum atomic E-state index is 0. The van der Waals surface area contributed by atoms with Gasteiger partial charge in [-0.3, -0.25) is 4.99 Å². The summed E-state index contributed by atoms with van der Waals surface area (Å²) in [6, 6.07) is 8.71. The summed E-state index contributed by atoms with van der Waals surface area (Å²) in [6.45, 7) is 12.1. The largest absolute Gasteiger partial charge is 0.356 e. The Hall–Kier alpha value is -0.860. The Morgan fingerprint density at radius 3 is 2.38 bits per heavy atom. The first-order valence-corrected chi connectivity index (χ1v) is 9.36. The molecule has 1 aromatic carbocycles. The van der Waals surface area contributed by atoms with Crippen molar-refractivity contribution >= 4 is 29.9 Å². The second-order valence-electron chi connectivity index (χ2n) is 7.48. The zero-order chi connectivity index (χ0) is 18.2. The van der Waals surface area contributed by atoms with Crippen LogP contribution < -0.4 is 5.32 Å². The molecule has 1 aromatic rings. The highest BCUT2D eigenvalue weighted by Crippen LogP contribution is 2.07. The lowest BCUT2D eigenvalue weighted by Gasteiger charge is -2.34. The fourth-order valence-electron chi connectivity index (χ4n) is 3.23. The third-order valence-electron chi connectivity index (χ3n) is 4.89. The lowest BCUT2D eigenvalue weighted by atomic mass is 10.1. The van der Waals surface area contributed by atoms with E-state index in [-0.39, 0.29) is 24.0 Å². The molecule has 1 saturated heterocycles. The summed E-state index contributed by atoms with van der Waals surface area (Å²) in [5.74, 6) is 1.57. The van der Waals surface area contributed by atoms with Crippen LogP contribution in [-0.2, 0) is 6.54 Å². The van der Waals surface area contributed by atoms with E-state index in [1.807, 2.05) is 7.05 Å². The van der Waals surface area contributed by atoms with Crippen molar-refractivity contribution in [3.8, 4) is 0 Å². The lowest BCUT2D eigenvalue weighted by molar-refractivity contribution is 0.139. The van der Waals surface area contributed by atoms with Crippen LogP contribution in [0.5, 0.6) is 0 Å². The molecule has 0 bridgehead atoms. The first-order chi connectivity index (χ1) is 12.0. The fraction of sp³-hybridized carbons (Fsp3) is 0.650. The molecule has 6 heteroatoms. The zero-order valence-electron chi connectivity index (χ0n) is 17.0. The molecule has 1 heterocycles. The summed E-state index contributed by atoms with van der Waals surface area (Å²) in [5.41, 5.74) is 2.60. The standard InChI is InChI=1S/C20H35N5.HI/c1-17-6-8-19(9-7-17)16-24(5)20(21-3)22-14-18(2)15-25-12-10-23(4)11-13-25;/h6-9,18H,10-16H2,1-5H3,(H,21,22);1H. The average Bonchev–Trinajstić information content (AvgIpc) is 2.59. The van der Waals surface area contributed by atoms with Crippen molar-refractivity contribution in [2.75, 3.05) is 60.4 Å². The molecule has 0 spiro atoms. The van der Waals surface area contributed by atoms with Gasteiger partial charge in [-0.15, -0.1) is 24.0 Å². The van der Waals surface area contributed by atoms with Crippen LogP contribution >= 0.6 is 24.0 Å². The van der Waals surface area contributed by atoms with Crippen LogP contribution in [0.1, 0.15) is 18.1 Å². The molecule has 148 valence electrons. The maximum atomic E-state index is 4.44. The average molecular weight is 473 g/mol. The van der Waals surface area contributed by atoms with Crippen LogP contribution in [0.25, 0.3) is 0 Å². The molecule has 1 N–H and O–H groups in total. The van der Waals surface area contributed by atoms with E-state index in [0.717, 1.165) is 25.6 Å². The number of aliphatic imine (C=N–C) groups is 1. The Morgan fingerprint density at radius 1 is 1.19 bits per heavy atom. The highest BCUT2D eigenvalue weighted by Gasteiger charge is 2.16. The SMILES string of the molecule is CN=C(NCC(C)CN1CCN(C)CC1)N(C)Cc1ccc(C)cc1.I. The molecule has 26 heavy (non-hydrogen) atoms. The summed E-state index contributed by atoms with van der Waals surface area (Å²) in [4.78, 5) is 11.6. The van der Waals surface area contributed by atoms with Crippen molar-refractivity contribution in [2.24, 2.45) is 10.9 Å². The van der Waals surface area contributed by atoms with Gasteiger partial charge in [0, 0.05) is 59.9 Å². The maximum Gasteiger partial charge on any atom is 0.193 e. The molecular weight excluding hydrogens is 437 g/mol. The van der Waals surface area contributed by atoms with Gasteiger partial charge < -0.3 is 20.0 Å². The monoisotopic (exact) mass is 473 g/mol. The molecular formula is C20H36IN5. The van der Waals surface area contributed by atoms with Gasteiger partial charge >= 0.3 is 0 Å². The van der Waals surface area contributed by atoms with Crippen LogP contribution in [-0.4, -0.2) is 81.1 Å². The van der Waals surface area contributed by atoms with Crippen LogP contribution in [0, 0.1) is 12.8 Å². The number of guanidine groups is 1. The Kier molecular flexibility index (Phi) is 10.5. The number of likely N-dealkylation sites (N-methyl/N-ethyl adjacent to an activating group) is 1. The number of piperazine rings is 1. The number of halogens is 1. The molecule has 0 aliphatic carbocycles. The van der Waals surface area contributed by atoms with Gasteiger partial charge in [0.05, 0.1) is 0 Å². The van der Waals surface area contributed by atoms with E-state index in [2.05, 4.69) is 77.2 Å². The molecule has 1 aliphatic rings. The van der Waals surface area contributed by atoms with Crippen molar-refractivity contribution in [1.29, 1.82) is 0 Å². The number of hydrogen-bond acceptors (Lipinski definition) is 3. The van der Waals surface area contributed by atoms with Gasteiger partial charge in [-0.05, 0) is 25.5 Å². The molecule has 2 rings (SSSR count). The minimum Gasteiger partial charge on any atom is -0.356 e. The van der Waals surface area contributed by atoms with Gasteiger partial charge in [0.1, 0.15) is 0 Å². The molecule has 1 unspecified atom stereocenters. The van der Waals surface area contributed by atoms with Crippen molar-refractivity contribution in [3.63, 3.8) is 0 Å². The lowest BCUT2D eigenvalue weighted by Crippen LogP contribution is -2.47. The Labute approximate surface area is 176 Å². The third kappa shape index (κ3) is 7.80. The van der Waals surface area contributed by atoms with E-state index in [1.165, 1.54) is 37.3 Å². The van der Waals surface area contributed by atoms with Gasteiger partial charge in [-0.25, -0.2) is 0 Å². The number of hydrogen-bond donors (Lipinski definition) is 1. The first-order valence-electron chi connectivity index (χ1n) is 9.36. The van der Waals surface area contributed by atoms with Crippen molar-refractivity contribution in [1.82, 2.24) is 20.0 Å². The summed E-state index contributed by atoms with van der Waals surface area (Å²) in [6.07, 6.45) is 0. The molecule has 1 fully saturated rings. The second-order valence-corrected chi connectivity index (χ2v) is 7.48. The Morgan fingerprint density at radius 2 is 1.81 bits per heavy atom. The van der Waals surface area contributed by atoms with Gasteiger partial charge in [0.2, 0.25) is 0 Å². The van der Waals surface area contributed by atoms with E-state index in [0.29, 0.717) is 5.92 Å². The number of aryl methyl sites for hydroxylation is 1. The number of nitrogens with one attached hydrogen (secondary N) is 1. The molecule has 5 nitrogen and oxygen atoms in total. The van der Waals surface area contributed by atoms with E-state index in [1.54, 1.807) is 0 Å². The number of nitrogens with zero attached hydrogens (tertiary/aromatic N) is 4.